The molecule has 1 aromatic rings. The lowest BCUT2D eigenvalue weighted by atomic mass is 10.1. The molecule has 5 heteroatoms. The number of carbonyl (C=O) groups is 1. The molecule has 13 heavy (non-hydrogen) atoms. The van der Waals surface area contributed by atoms with Gasteiger partial charge in [-0.05, 0) is 6.92 Å². The summed E-state index contributed by atoms with van der Waals surface area (Å²) in [5.74, 6) is 0.0516. The number of hydrogen-bond donors (Lipinski definition) is 3. The summed E-state index contributed by atoms with van der Waals surface area (Å²) in [5.41, 5.74) is 1.01. The maximum Gasteiger partial charge on any atom is 0.236 e. The summed E-state index contributed by atoms with van der Waals surface area (Å²) in [7, 11) is 0. The number of nitrogens with zero attached hydrogens (tertiary/aromatic N) is 1. The molecule has 1 aliphatic rings. The molecule has 5 nitrogen and oxygen atoms in total. The minimum atomic E-state index is -0.137. The summed E-state index contributed by atoms with van der Waals surface area (Å²) in [6.45, 7) is 2.46. The van der Waals surface area contributed by atoms with Crippen LogP contribution in [0.25, 0.3) is 0 Å². The van der Waals surface area contributed by atoms with Crippen molar-refractivity contribution in [3.8, 4) is 0 Å². The van der Waals surface area contributed by atoms with Crippen LogP contribution in [-0.4, -0.2) is 28.5 Å². The number of hydrogen-bond acceptors (Lipinski definition) is 3. The zero-order valence-electron chi connectivity index (χ0n) is 7.37. The fourth-order valence-corrected chi connectivity index (χ4v) is 1.45. The Morgan fingerprint density at radius 2 is 2.46 bits per heavy atom. The predicted octanol–water partition coefficient (Wildman–Crippen LogP) is -0.441. The Hall–Kier alpha value is -1.36. The molecule has 1 aliphatic heterocycles. The quantitative estimate of drug-likeness (QED) is 0.548. The molecule has 1 saturated heterocycles. The van der Waals surface area contributed by atoms with E-state index in [4.69, 9.17) is 0 Å². The highest BCUT2D eigenvalue weighted by molar-refractivity contribution is 5.82. The van der Waals surface area contributed by atoms with E-state index in [1.54, 1.807) is 12.5 Å². The first-order chi connectivity index (χ1) is 6.27. The number of piperazine rings is 1. The summed E-state index contributed by atoms with van der Waals surface area (Å²) in [5, 5.41) is 6.01. The van der Waals surface area contributed by atoms with E-state index < -0.39 is 0 Å². The topological polar surface area (TPSA) is 69.8 Å². The lowest BCUT2D eigenvalue weighted by molar-refractivity contribution is -0.124. The number of rotatable bonds is 1. The normalized spacial score (nSPS) is 28.5. The van der Waals surface area contributed by atoms with Gasteiger partial charge in [0.15, 0.2) is 0 Å². The highest BCUT2D eigenvalue weighted by Crippen LogP contribution is 2.11. The molecule has 2 atom stereocenters. The summed E-state index contributed by atoms with van der Waals surface area (Å²) < 4.78 is 0. The third-order valence-corrected chi connectivity index (χ3v) is 2.22. The van der Waals surface area contributed by atoms with Crippen molar-refractivity contribution in [2.45, 2.75) is 19.0 Å². The average molecular weight is 180 g/mol. The van der Waals surface area contributed by atoms with Crippen LogP contribution in [0.15, 0.2) is 12.5 Å². The molecule has 1 aromatic heterocycles. The highest BCUT2D eigenvalue weighted by atomic mass is 16.2. The summed E-state index contributed by atoms with van der Waals surface area (Å²) in [4.78, 5) is 18.1. The Morgan fingerprint density at radius 3 is 3.08 bits per heavy atom. The molecule has 0 aromatic carbocycles. The maximum atomic E-state index is 11.1. The number of carbonyl (C=O) groups excluding carboxylic acids is 1. The largest absolute Gasteiger partial charge is 0.353 e. The van der Waals surface area contributed by atoms with E-state index in [0.29, 0.717) is 6.54 Å². The number of nitrogens with one attached hydrogen (secondary N) is 3. The van der Waals surface area contributed by atoms with Crippen LogP contribution in [0.1, 0.15) is 18.7 Å². The van der Waals surface area contributed by atoms with Crippen LogP contribution in [-0.2, 0) is 4.79 Å². The molecule has 0 bridgehead atoms. The zero-order valence-corrected chi connectivity index (χ0v) is 7.37. The van der Waals surface area contributed by atoms with Crippen molar-refractivity contribution in [3.63, 3.8) is 0 Å². The second-order valence-corrected chi connectivity index (χ2v) is 3.19. The van der Waals surface area contributed by atoms with E-state index in [0.717, 1.165) is 5.69 Å². The first-order valence-electron chi connectivity index (χ1n) is 4.29. The van der Waals surface area contributed by atoms with E-state index >= 15 is 0 Å². The molecular weight excluding hydrogens is 168 g/mol. The maximum absolute atomic E-state index is 11.1. The second-order valence-electron chi connectivity index (χ2n) is 3.19. The van der Waals surface area contributed by atoms with Gasteiger partial charge in [0.2, 0.25) is 5.91 Å². The van der Waals surface area contributed by atoms with E-state index in [2.05, 4.69) is 20.6 Å². The molecule has 0 radical (unpaired) electrons. The SMILES string of the molecule is C[C@@H]1NC(c2cnc[nH]2)CNC1=O. The van der Waals surface area contributed by atoms with Gasteiger partial charge in [0.1, 0.15) is 0 Å². The average Bonchev–Trinajstić information content (AvgIpc) is 2.62. The van der Waals surface area contributed by atoms with Gasteiger partial charge >= 0.3 is 0 Å². The fraction of sp³-hybridized carbons (Fsp3) is 0.500. The number of imidazole rings is 1. The zero-order chi connectivity index (χ0) is 9.26. The van der Waals surface area contributed by atoms with Crippen LogP contribution in [0, 0.1) is 0 Å². The minimum absolute atomic E-state index is 0.0516. The van der Waals surface area contributed by atoms with Gasteiger partial charge in [-0.2, -0.15) is 0 Å². The van der Waals surface area contributed by atoms with Gasteiger partial charge in [-0.15, -0.1) is 0 Å². The summed E-state index contributed by atoms with van der Waals surface area (Å²) in [6, 6.07) is 0.0113. The van der Waals surface area contributed by atoms with Gasteiger partial charge in [0.25, 0.3) is 0 Å². The van der Waals surface area contributed by atoms with E-state index in [1.807, 2.05) is 6.92 Å². The molecule has 1 amide bonds. The molecule has 1 unspecified atom stereocenters. The molecule has 0 spiro atoms. The predicted molar refractivity (Wildman–Crippen MR) is 46.9 cm³/mol. The standard InChI is InChI=1S/C8H12N4O/c1-5-8(13)10-3-7(12-5)6-2-9-4-11-6/h2,4-5,7,12H,3H2,1H3,(H,9,11)(H,10,13)/t5-,7?/m0/s1. The summed E-state index contributed by atoms with van der Waals surface area (Å²) >= 11 is 0. The van der Waals surface area contributed by atoms with Crippen molar-refractivity contribution in [3.05, 3.63) is 18.2 Å². The number of H-pyrrole nitrogens is 1. The van der Waals surface area contributed by atoms with E-state index in [1.165, 1.54) is 0 Å². The Morgan fingerprint density at radius 1 is 1.62 bits per heavy atom. The number of aromatic nitrogens is 2. The molecule has 2 heterocycles. The Kier molecular flexibility index (Phi) is 2.02. The van der Waals surface area contributed by atoms with Gasteiger partial charge in [0, 0.05) is 12.7 Å². The van der Waals surface area contributed by atoms with Gasteiger partial charge in [-0.3, -0.25) is 10.1 Å². The molecular formula is C8H12N4O. The lowest BCUT2D eigenvalue weighted by Gasteiger charge is -2.27. The third-order valence-electron chi connectivity index (χ3n) is 2.22. The van der Waals surface area contributed by atoms with Crippen LogP contribution in [0.5, 0.6) is 0 Å². The van der Waals surface area contributed by atoms with E-state index in [9.17, 15) is 4.79 Å². The summed E-state index contributed by atoms with van der Waals surface area (Å²) in [6.07, 6.45) is 3.40. The van der Waals surface area contributed by atoms with Gasteiger partial charge in [-0.25, -0.2) is 4.98 Å². The van der Waals surface area contributed by atoms with Crippen LogP contribution in [0.3, 0.4) is 0 Å². The molecule has 1 fully saturated rings. The Balaban J connectivity index is 2.07. The van der Waals surface area contributed by atoms with Crippen molar-refractivity contribution >= 4 is 5.91 Å². The molecule has 0 saturated carbocycles. The van der Waals surface area contributed by atoms with Crippen molar-refractivity contribution in [1.29, 1.82) is 0 Å². The van der Waals surface area contributed by atoms with Crippen molar-refractivity contribution in [2.75, 3.05) is 6.54 Å². The van der Waals surface area contributed by atoms with Gasteiger partial charge < -0.3 is 10.3 Å². The van der Waals surface area contributed by atoms with Crippen LogP contribution in [0.4, 0.5) is 0 Å². The van der Waals surface area contributed by atoms with Crippen molar-refractivity contribution in [1.82, 2.24) is 20.6 Å². The fourth-order valence-electron chi connectivity index (χ4n) is 1.45. The number of aromatic amines is 1. The van der Waals surface area contributed by atoms with Gasteiger partial charge in [0.05, 0.1) is 24.1 Å². The molecule has 70 valence electrons. The first-order valence-corrected chi connectivity index (χ1v) is 4.29. The first kappa shape index (κ1) is 8.25. The van der Waals surface area contributed by atoms with Crippen LogP contribution >= 0.6 is 0 Å². The monoisotopic (exact) mass is 180 g/mol. The number of amides is 1. The van der Waals surface area contributed by atoms with Crippen molar-refractivity contribution in [2.24, 2.45) is 0 Å². The van der Waals surface area contributed by atoms with Gasteiger partial charge in [-0.1, -0.05) is 0 Å². The highest BCUT2D eigenvalue weighted by Gasteiger charge is 2.25. The molecule has 0 aliphatic carbocycles. The molecule has 3 N–H and O–H groups in total. The molecule has 2 rings (SSSR count). The smallest absolute Gasteiger partial charge is 0.236 e. The Labute approximate surface area is 75.9 Å². The minimum Gasteiger partial charge on any atom is -0.353 e. The third kappa shape index (κ3) is 1.55. The van der Waals surface area contributed by atoms with Crippen molar-refractivity contribution < 1.29 is 4.79 Å². The Bertz CT molecular complexity index is 295. The second kappa shape index (κ2) is 3.18. The lowest BCUT2D eigenvalue weighted by Crippen LogP contribution is -2.53. The van der Waals surface area contributed by atoms with E-state index in [-0.39, 0.29) is 18.0 Å². The van der Waals surface area contributed by atoms with Crippen LogP contribution < -0.4 is 10.6 Å². The van der Waals surface area contributed by atoms with Crippen LogP contribution in [0.2, 0.25) is 0 Å².